The van der Waals surface area contributed by atoms with Crippen LogP contribution in [0.15, 0.2) is 0 Å². The van der Waals surface area contributed by atoms with Gasteiger partial charge in [-0.25, -0.2) is 0 Å². The smallest absolute Gasteiger partial charge is 0.239 e. The number of nitriles is 1. The summed E-state index contributed by atoms with van der Waals surface area (Å²) in [6.45, 7) is 5.98. The molecule has 1 rings (SSSR count). The van der Waals surface area contributed by atoms with Gasteiger partial charge in [-0.2, -0.15) is 5.26 Å². The second-order valence-corrected chi connectivity index (χ2v) is 4.78. The first-order chi connectivity index (χ1) is 8.19. The summed E-state index contributed by atoms with van der Waals surface area (Å²) < 4.78 is 0. The molecule has 0 aromatic carbocycles. The summed E-state index contributed by atoms with van der Waals surface area (Å²) >= 11 is 0. The second kappa shape index (κ2) is 7.29. The van der Waals surface area contributed by atoms with Gasteiger partial charge in [-0.15, -0.1) is 0 Å². The van der Waals surface area contributed by atoms with Gasteiger partial charge in [0.05, 0.1) is 6.07 Å². The SMILES string of the molecule is CCCC(C#N)C(=O)N(C)CCN1CCCC1. The number of likely N-dealkylation sites (tertiary alicyclic amines) is 1. The van der Waals surface area contributed by atoms with E-state index in [1.54, 1.807) is 11.9 Å². The lowest BCUT2D eigenvalue weighted by molar-refractivity contribution is -0.132. The van der Waals surface area contributed by atoms with Crippen LogP contribution in [0.5, 0.6) is 0 Å². The molecule has 0 aromatic rings. The fourth-order valence-corrected chi connectivity index (χ4v) is 2.21. The van der Waals surface area contributed by atoms with Gasteiger partial charge in [0.1, 0.15) is 5.92 Å². The van der Waals surface area contributed by atoms with Crippen LogP contribution in [0.3, 0.4) is 0 Å². The van der Waals surface area contributed by atoms with Crippen LogP contribution in [-0.4, -0.2) is 48.9 Å². The Morgan fingerprint density at radius 2 is 2.12 bits per heavy atom. The van der Waals surface area contributed by atoms with E-state index in [4.69, 9.17) is 5.26 Å². The second-order valence-electron chi connectivity index (χ2n) is 4.78. The standard InChI is InChI=1S/C13H23N3O/c1-3-6-12(11-14)13(17)15(2)9-10-16-7-4-5-8-16/h12H,3-10H2,1-2H3. The molecule has 1 heterocycles. The summed E-state index contributed by atoms with van der Waals surface area (Å²) in [6.07, 6.45) is 4.09. The summed E-state index contributed by atoms with van der Waals surface area (Å²) in [5.74, 6) is -0.475. The maximum Gasteiger partial charge on any atom is 0.239 e. The number of likely N-dealkylation sites (N-methyl/N-ethyl adjacent to an activating group) is 1. The van der Waals surface area contributed by atoms with Crippen LogP contribution in [0.2, 0.25) is 0 Å². The van der Waals surface area contributed by atoms with E-state index in [1.807, 2.05) is 6.92 Å². The molecule has 0 aliphatic carbocycles. The van der Waals surface area contributed by atoms with Crippen molar-refractivity contribution in [1.29, 1.82) is 5.26 Å². The van der Waals surface area contributed by atoms with Crippen molar-refractivity contribution in [2.24, 2.45) is 5.92 Å². The maximum absolute atomic E-state index is 12.0. The predicted molar refractivity (Wildman–Crippen MR) is 67.3 cm³/mol. The lowest BCUT2D eigenvalue weighted by atomic mass is 10.0. The fraction of sp³-hybridized carbons (Fsp3) is 0.846. The zero-order valence-corrected chi connectivity index (χ0v) is 11.0. The Morgan fingerprint density at radius 1 is 1.47 bits per heavy atom. The van der Waals surface area contributed by atoms with E-state index in [9.17, 15) is 4.79 Å². The van der Waals surface area contributed by atoms with Crippen LogP contribution in [0.4, 0.5) is 0 Å². The van der Waals surface area contributed by atoms with Gasteiger partial charge in [-0.05, 0) is 32.4 Å². The Labute approximate surface area is 104 Å². The molecule has 1 amide bonds. The number of rotatable bonds is 6. The lowest BCUT2D eigenvalue weighted by Crippen LogP contribution is -2.38. The van der Waals surface area contributed by atoms with Crippen LogP contribution in [-0.2, 0) is 4.79 Å². The molecule has 0 aromatic heterocycles. The molecule has 1 unspecified atom stereocenters. The van der Waals surface area contributed by atoms with Crippen molar-refractivity contribution in [2.45, 2.75) is 32.6 Å². The van der Waals surface area contributed by atoms with Crippen molar-refractivity contribution in [2.75, 3.05) is 33.2 Å². The van der Waals surface area contributed by atoms with Crippen molar-refractivity contribution >= 4 is 5.91 Å². The minimum absolute atomic E-state index is 0.0199. The van der Waals surface area contributed by atoms with Crippen LogP contribution in [0.1, 0.15) is 32.6 Å². The Bertz CT molecular complexity index is 279. The largest absolute Gasteiger partial charge is 0.343 e. The molecule has 0 bridgehead atoms. The highest BCUT2D eigenvalue weighted by atomic mass is 16.2. The maximum atomic E-state index is 12.0. The average molecular weight is 237 g/mol. The molecule has 0 N–H and O–H groups in total. The van der Waals surface area contributed by atoms with Gasteiger partial charge in [0, 0.05) is 20.1 Å². The normalized spacial score (nSPS) is 17.7. The van der Waals surface area contributed by atoms with E-state index in [1.165, 1.54) is 12.8 Å². The quantitative estimate of drug-likeness (QED) is 0.703. The molecule has 1 fully saturated rings. The Kier molecular flexibility index (Phi) is 5.99. The molecular formula is C13H23N3O. The van der Waals surface area contributed by atoms with Gasteiger partial charge in [0.15, 0.2) is 0 Å². The summed E-state index contributed by atoms with van der Waals surface area (Å²) in [6, 6.07) is 2.11. The van der Waals surface area contributed by atoms with Gasteiger partial charge in [0.2, 0.25) is 5.91 Å². The highest BCUT2D eigenvalue weighted by Gasteiger charge is 2.21. The van der Waals surface area contributed by atoms with Crippen LogP contribution < -0.4 is 0 Å². The molecule has 1 aliphatic rings. The third-order valence-electron chi connectivity index (χ3n) is 3.36. The van der Waals surface area contributed by atoms with Crippen molar-refractivity contribution < 1.29 is 4.79 Å². The number of carbonyl (C=O) groups is 1. The molecular weight excluding hydrogens is 214 g/mol. The highest BCUT2D eigenvalue weighted by Crippen LogP contribution is 2.10. The van der Waals surface area contributed by atoms with Gasteiger partial charge in [-0.1, -0.05) is 13.3 Å². The van der Waals surface area contributed by atoms with E-state index in [2.05, 4.69) is 11.0 Å². The van der Waals surface area contributed by atoms with Gasteiger partial charge < -0.3 is 9.80 Å². The minimum atomic E-state index is -0.455. The number of hydrogen-bond donors (Lipinski definition) is 0. The topological polar surface area (TPSA) is 47.3 Å². The highest BCUT2D eigenvalue weighted by molar-refractivity contribution is 5.80. The molecule has 0 spiro atoms. The molecule has 4 heteroatoms. The third kappa shape index (κ3) is 4.35. The Morgan fingerprint density at radius 3 is 2.65 bits per heavy atom. The van der Waals surface area contributed by atoms with Crippen LogP contribution in [0, 0.1) is 17.2 Å². The fourth-order valence-electron chi connectivity index (χ4n) is 2.21. The summed E-state index contributed by atoms with van der Waals surface area (Å²) in [5, 5.41) is 8.95. The van der Waals surface area contributed by atoms with Gasteiger partial charge >= 0.3 is 0 Å². The molecule has 1 atom stereocenters. The number of hydrogen-bond acceptors (Lipinski definition) is 3. The molecule has 96 valence electrons. The zero-order chi connectivity index (χ0) is 12.7. The van der Waals surface area contributed by atoms with Crippen molar-refractivity contribution in [3.8, 4) is 6.07 Å². The number of nitrogens with zero attached hydrogens (tertiary/aromatic N) is 3. The van der Waals surface area contributed by atoms with E-state index in [0.717, 1.165) is 32.6 Å². The van der Waals surface area contributed by atoms with E-state index in [-0.39, 0.29) is 5.91 Å². The average Bonchev–Trinajstić information content (AvgIpc) is 2.85. The lowest BCUT2D eigenvalue weighted by Gasteiger charge is -2.23. The van der Waals surface area contributed by atoms with Crippen molar-refractivity contribution in [1.82, 2.24) is 9.80 Å². The van der Waals surface area contributed by atoms with E-state index in [0.29, 0.717) is 6.42 Å². The van der Waals surface area contributed by atoms with E-state index < -0.39 is 5.92 Å². The zero-order valence-electron chi connectivity index (χ0n) is 11.0. The Balaban J connectivity index is 2.32. The predicted octanol–water partition coefficient (Wildman–Crippen LogP) is 1.48. The van der Waals surface area contributed by atoms with Crippen molar-refractivity contribution in [3.63, 3.8) is 0 Å². The summed E-state index contributed by atoms with van der Waals surface area (Å²) in [7, 11) is 1.80. The monoisotopic (exact) mass is 237 g/mol. The molecule has 4 nitrogen and oxygen atoms in total. The summed E-state index contributed by atoms with van der Waals surface area (Å²) in [5.41, 5.74) is 0. The van der Waals surface area contributed by atoms with Gasteiger partial charge in [-0.3, -0.25) is 4.79 Å². The van der Waals surface area contributed by atoms with Crippen molar-refractivity contribution in [3.05, 3.63) is 0 Å². The van der Waals surface area contributed by atoms with Crippen LogP contribution in [0.25, 0.3) is 0 Å². The number of carbonyl (C=O) groups excluding carboxylic acids is 1. The minimum Gasteiger partial charge on any atom is -0.343 e. The molecule has 0 saturated carbocycles. The first-order valence-electron chi connectivity index (χ1n) is 6.56. The van der Waals surface area contributed by atoms with Crippen LogP contribution >= 0.6 is 0 Å². The third-order valence-corrected chi connectivity index (χ3v) is 3.36. The Hall–Kier alpha value is -1.08. The first-order valence-corrected chi connectivity index (χ1v) is 6.56. The molecule has 0 radical (unpaired) electrons. The summed E-state index contributed by atoms with van der Waals surface area (Å²) in [4.78, 5) is 16.0. The van der Waals surface area contributed by atoms with Gasteiger partial charge in [0.25, 0.3) is 0 Å². The molecule has 1 aliphatic heterocycles. The molecule has 1 saturated heterocycles. The first kappa shape index (κ1) is 14.0. The number of amides is 1. The van der Waals surface area contributed by atoms with E-state index >= 15 is 0 Å². The molecule has 17 heavy (non-hydrogen) atoms.